The number of carbonyl (C=O) groups excluding carboxylic acids is 1. The Bertz CT molecular complexity index is 461. The van der Waals surface area contributed by atoms with Gasteiger partial charge in [-0.15, -0.1) is 0 Å². The van der Waals surface area contributed by atoms with Crippen molar-refractivity contribution < 1.29 is 22.7 Å². The monoisotopic (exact) mass is 244 g/mol. The van der Waals surface area contributed by atoms with E-state index in [2.05, 4.69) is 11.3 Å². The Balaban J connectivity index is 3.32. The van der Waals surface area contributed by atoms with E-state index in [-0.39, 0.29) is 16.9 Å². The minimum absolute atomic E-state index is 0.0503. The van der Waals surface area contributed by atoms with Crippen molar-refractivity contribution in [2.45, 2.75) is 13.1 Å². The van der Waals surface area contributed by atoms with Gasteiger partial charge in [-0.05, 0) is 30.7 Å². The van der Waals surface area contributed by atoms with Crippen LogP contribution in [-0.4, -0.2) is 12.9 Å². The van der Waals surface area contributed by atoms with Gasteiger partial charge < -0.3 is 4.74 Å². The van der Waals surface area contributed by atoms with Crippen LogP contribution in [-0.2, 0) is 6.18 Å². The van der Waals surface area contributed by atoms with E-state index in [9.17, 15) is 18.0 Å². The SMILES string of the molecule is C=C(C)C(=O)c1ccc(OC)c(C(F)(F)F)c1. The second kappa shape index (κ2) is 4.61. The molecule has 0 spiro atoms. The molecule has 0 bridgehead atoms. The highest BCUT2D eigenvalue weighted by Gasteiger charge is 2.35. The average Bonchev–Trinajstić information content (AvgIpc) is 2.25. The maximum absolute atomic E-state index is 12.7. The van der Waals surface area contributed by atoms with E-state index < -0.39 is 17.5 Å². The molecule has 0 heterocycles. The predicted octanol–water partition coefficient (Wildman–Crippen LogP) is 3.47. The topological polar surface area (TPSA) is 26.3 Å². The Morgan fingerprint density at radius 1 is 1.35 bits per heavy atom. The second-order valence-corrected chi connectivity index (χ2v) is 3.52. The number of allylic oxidation sites excluding steroid dienone is 1. The molecule has 0 aliphatic heterocycles. The highest BCUT2D eigenvalue weighted by molar-refractivity contribution is 6.08. The van der Waals surface area contributed by atoms with Crippen molar-refractivity contribution in [1.82, 2.24) is 0 Å². The third-order valence-corrected chi connectivity index (χ3v) is 2.15. The molecular weight excluding hydrogens is 233 g/mol. The number of hydrogen-bond donors (Lipinski definition) is 0. The minimum atomic E-state index is -4.56. The summed E-state index contributed by atoms with van der Waals surface area (Å²) in [7, 11) is 1.14. The maximum Gasteiger partial charge on any atom is 0.419 e. The number of hydrogen-bond acceptors (Lipinski definition) is 2. The van der Waals surface area contributed by atoms with E-state index in [1.165, 1.54) is 13.0 Å². The molecule has 0 atom stereocenters. The molecule has 1 rings (SSSR count). The molecule has 0 N–H and O–H groups in total. The van der Waals surface area contributed by atoms with Crippen molar-refractivity contribution >= 4 is 5.78 Å². The molecule has 0 aromatic heterocycles. The average molecular weight is 244 g/mol. The number of benzene rings is 1. The van der Waals surface area contributed by atoms with Gasteiger partial charge in [0.2, 0.25) is 0 Å². The van der Waals surface area contributed by atoms with Gasteiger partial charge in [-0.3, -0.25) is 4.79 Å². The minimum Gasteiger partial charge on any atom is -0.496 e. The molecule has 2 nitrogen and oxygen atoms in total. The zero-order chi connectivity index (χ0) is 13.2. The van der Waals surface area contributed by atoms with E-state index in [0.717, 1.165) is 19.2 Å². The first-order valence-corrected chi connectivity index (χ1v) is 4.73. The van der Waals surface area contributed by atoms with Crippen molar-refractivity contribution in [3.05, 3.63) is 41.5 Å². The third-order valence-electron chi connectivity index (χ3n) is 2.15. The van der Waals surface area contributed by atoms with Gasteiger partial charge in [-0.2, -0.15) is 13.2 Å². The molecule has 5 heteroatoms. The normalized spacial score (nSPS) is 11.1. The van der Waals surface area contributed by atoms with Gasteiger partial charge in [-0.25, -0.2) is 0 Å². The summed E-state index contributed by atoms with van der Waals surface area (Å²) < 4.78 is 42.6. The Hall–Kier alpha value is -1.78. The molecule has 0 unspecified atom stereocenters. The van der Waals surface area contributed by atoms with Gasteiger partial charge in [0, 0.05) is 5.56 Å². The fourth-order valence-corrected chi connectivity index (χ4v) is 1.32. The lowest BCUT2D eigenvalue weighted by molar-refractivity contribution is -0.138. The van der Waals surface area contributed by atoms with Gasteiger partial charge in [0.05, 0.1) is 12.7 Å². The Kier molecular flexibility index (Phi) is 3.60. The lowest BCUT2D eigenvalue weighted by Crippen LogP contribution is -2.10. The number of Topliss-reactive ketones (excluding diaryl/α,β-unsaturated/α-hetero) is 1. The van der Waals surface area contributed by atoms with Crippen molar-refractivity contribution in [3.63, 3.8) is 0 Å². The third kappa shape index (κ3) is 2.87. The van der Waals surface area contributed by atoms with Crippen LogP contribution in [0.1, 0.15) is 22.8 Å². The number of rotatable bonds is 3. The summed E-state index contributed by atoms with van der Waals surface area (Å²) in [6.45, 7) is 4.85. The summed E-state index contributed by atoms with van der Waals surface area (Å²) in [6.07, 6.45) is -4.56. The van der Waals surface area contributed by atoms with Gasteiger partial charge in [-0.1, -0.05) is 6.58 Å². The molecule has 92 valence electrons. The smallest absolute Gasteiger partial charge is 0.419 e. The van der Waals surface area contributed by atoms with Crippen molar-refractivity contribution in [2.24, 2.45) is 0 Å². The summed E-state index contributed by atoms with van der Waals surface area (Å²) in [5.41, 5.74) is -0.832. The molecule has 0 amide bonds. The lowest BCUT2D eigenvalue weighted by Gasteiger charge is -2.13. The molecule has 0 aliphatic carbocycles. The first-order valence-electron chi connectivity index (χ1n) is 4.73. The Labute approximate surface area is 96.7 Å². The predicted molar refractivity (Wildman–Crippen MR) is 57.1 cm³/mol. The van der Waals surface area contributed by atoms with Crippen LogP contribution in [0.25, 0.3) is 0 Å². The Morgan fingerprint density at radius 2 is 1.94 bits per heavy atom. The number of halogens is 3. The molecule has 0 aliphatic rings. The summed E-state index contributed by atoms with van der Waals surface area (Å²) in [6, 6.07) is 3.18. The van der Waals surface area contributed by atoms with Crippen LogP contribution < -0.4 is 4.74 Å². The molecule has 1 aromatic rings. The molecule has 0 radical (unpaired) electrons. The molecule has 1 aromatic carbocycles. The highest BCUT2D eigenvalue weighted by Crippen LogP contribution is 2.36. The molecule has 0 saturated heterocycles. The van der Waals surface area contributed by atoms with E-state index in [0.29, 0.717) is 0 Å². The van der Waals surface area contributed by atoms with Crippen LogP contribution in [0.5, 0.6) is 5.75 Å². The second-order valence-electron chi connectivity index (χ2n) is 3.52. The first kappa shape index (κ1) is 13.3. The van der Waals surface area contributed by atoms with Crippen molar-refractivity contribution in [3.8, 4) is 5.75 Å². The number of ether oxygens (including phenoxy) is 1. The molecule has 0 fully saturated rings. The highest BCUT2D eigenvalue weighted by atomic mass is 19.4. The van der Waals surface area contributed by atoms with Crippen LogP contribution in [0.4, 0.5) is 13.2 Å². The van der Waals surface area contributed by atoms with Crippen molar-refractivity contribution in [2.75, 3.05) is 7.11 Å². The molecule has 17 heavy (non-hydrogen) atoms. The van der Waals surface area contributed by atoms with Gasteiger partial charge in [0.15, 0.2) is 5.78 Å². The van der Waals surface area contributed by atoms with Crippen LogP contribution in [0.3, 0.4) is 0 Å². The van der Waals surface area contributed by atoms with E-state index in [1.54, 1.807) is 0 Å². The summed E-state index contributed by atoms with van der Waals surface area (Å²) in [5, 5.41) is 0. The summed E-state index contributed by atoms with van der Waals surface area (Å²) in [4.78, 5) is 11.5. The zero-order valence-electron chi connectivity index (χ0n) is 9.39. The largest absolute Gasteiger partial charge is 0.496 e. The first-order chi connectivity index (χ1) is 7.77. The number of carbonyl (C=O) groups is 1. The lowest BCUT2D eigenvalue weighted by atomic mass is 10.0. The van der Waals surface area contributed by atoms with Crippen molar-refractivity contribution in [1.29, 1.82) is 0 Å². The quantitative estimate of drug-likeness (QED) is 0.601. The summed E-state index contributed by atoms with van der Waals surface area (Å²) in [5.74, 6) is -0.825. The standard InChI is InChI=1S/C12H11F3O2/c1-7(2)11(16)8-4-5-10(17-3)9(6-8)12(13,14)15/h4-6H,1H2,2-3H3. The van der Waals surface area contributed by atoms with Crippen LogP contribution in [0.15, 0.2) is 30.4 Å². The van der Waals surface area contributed by atoms with E-state index in [4.69, 9.17) is 0 Å². The van der Waals surface area contributed by atoms with Crippen LogP contribution >= 0.6 is 0 Å². The van der Waals surface area contributed by atoms with E-state index >= 15 is 0 Å². The van der Waals surface area contributed by atoms with Crippen LogP contribution in [0.2, 0.25) is 0 Å². The number of alkyl halides is 3. The number of ketones is 1. The number of methoxy groups -OCH3 is 1. The zero-order valence-corrected chi connectivity index (χ0v) is 9.39. The van der Waals surface area contributed by atoms with Crippen LogP contribution in [0, 0.1) is 0 Å². The molecule has 0 saturated carbocycles. The van der Waals surface area contributed by atoms with Gasteiger partial charge in [0.1, 0.15) is 5.75 Å². The Morgan fingerprint density at radius 3 is 2.35 bits per heavy atom. The molecular formula is C12H11F3O2. The maximum atomic E-state index is 12.7. The van der Waals surface area contributed by atoms with Gasteiger partial charge in [0.25, 0.3) is 0 Å². The van der Waals surface area contributed by atoms with E-state index in [1.807, 2.05) is 0 Å². The fraction of sp³-hybridized carbons (Fsp3) is 0.250. The summed E-state index contributed by atoms with van der Waals surface area (Å²) >= 11 is 0. The fourth-order valence-electron chi connectivity index (χ4n) is 1.32. The van der Waals surface area contributed by atoms with Gasteiger partial charge >= 0.3 is 6.18 Å².